The molecule has 0 aliphatic rings. The van der Waals surface area contributed by atoms with E-state index >= 15 is 0 Å². The molecular formula is C21H18N4O3S. The van der Waals surface area contributed by atoms with Gasteiger partial charge in [0, 0.05) is 46.6 Å². The number of hydrogen-bond acceptors (Lipinski definition) is 6. The van der Waals surface area contributed by atoms with Crippen LogP contribution in [-0.2, 0) is 10.8 Å². The first-order chi connectivity index (χ1) is 14.0. The molecule has 2 aromatic carbocycles. The van der Waals surface area contributed by atoms with Crippen LogP contribution in [0.3, 0.4) is 0 Å². The number of nitrogens with one attached hydrogen (secondary N) is 1. The first-order valence-corrected chi connectivity index (χ1v) is 10.4. The minimum absolute atomic E-state index is 0.111. The Labute approximate surface area is 169 Å². The Morgan fingerprint density at radius 2 is 1.66 bits per heavy atom. The SMILES string of the molecule is CN(c1ccc(Oc2nc3cnccc3c(=O)[nH]2)cc1)c1ccc(S(C)=O)cc1. The van der Waals surface area contributed by atoms with Crippen molar-refractivity contribution in [3.8, 4) is 11.8 Å². The molecule has 7 nitrogen and oxygen atoms in total. The summed E-state index contributed by atoms with van der Waals surface area (Å²) in [5.41, 5.74) is 2.12. The summed E-state index contributed by atoms with van der Waals surface area (Å²) in [6.07, 6.45) is 4.73. The largest absolute Gasteiger partial charge is 0.426 e. The zero-order chi connectivity index (χ0) is 20.4. The Morgan fingerprint density at radius 3 is 2.31 bits per heavy atom. The van der Waals surface area contributed by atoms with Crippen molar-refractivity contribution in [3.05, 3.63) is 77.3 Å². The second-order valence-electron chi connectivity index (χ2n) is 6.37. The fraction of sp³-hybridized carbons (Fsp3) is 0.0952. The van der Waals surface area contributed by atoms with Gasteiger partial charge in [-0.1, -0.05) is 0 Å². The zero-order valence-electron chi connectivity index (χ0n) is 15.8. The van der Waals surface area contributed by atoms with Gasteiger partial charge in [0.15, 0.2) is 0 Å². The minimum Gasteiger partial charge on any atom is -0.426 e. The van der Waals surface area contributed by atoms with Crippen LogP contribution in [0, 0.1) is 0 Å². The third-order valence-electron chi connectivity index (χ3n) is 4.48. The Hall–Kier alpha value is -3.52. The Balaban J connectivity index is 1.53. The van der Waals surface area contributed by atoms with Gasteiger partial charge in [-0.2, -0.15) is 4.98 Å². The van der Waals surface area contributed by atoms with Gasteiger partial charge in [-0.15, -0.1) is 0 Å². The predicted octanol–water partition coefficient (Wildman–Crippen LogP) is 3.62. The van der Waals surface area contributed by atoms with E-state index in [0.29, 0.717) is 16.7 Å². The maximum Gasteiger partial charge on any atom is 0.302 e. The van der Waals surface area contributed by atoms with Gasteiger partial charge in [-0.25, -0.2) is 0 Å². The highest BCUT2D eigenvalue weighted by Crippen LogP contribution is 2.27. The fourth-order valence-electron chi connectivity index (χ4n) is 2.88. The van der Waals surface area contributed by atoms with Crippen molar-refractivity contribution in [2.75, 3.05) is 18.2 Å². The van der Waals surface area contributed by atoms with Crippen LogP contribution in [0.4, 0.5) is 11.4 Å². The van der Waals surface area contributed by atoms with Gasteiger partial charge < -0.3 is 9.64 Å². The number of aromatic amines is 1. The summed E-state index contributed by atoms with van der Waals surface area (Å²) in [5.74, 6) is 0.547. The average molecular weight is 406 g/mol. The summed E-state index contributed by atoms with van der Waals surface area (Å²) < 4.78 is 17.2. The molecule has 4 rings (SSSR count). The lowest BCUT2D eigenvalue weighted by Crippen LogP contribution is -2.10. The molecule has 1 unspecified atom stereocenters. The molecule has 0 fully saturated rings. The molecule has 8 heteroatoms. The minimum atomic E-state index is -0.998. The van der Waals surface area contributed by atoms with E-state index in [9.17, 15) is 9.00 Å². The van der Waals surface area contributed by atoms with Crippen LogP contribution in [-0.4, -0.2) is 32.5 Å². The molecule has 0 saturated carbocycles. The van der Waals surface area contributed by atoms with Crippen LogP contribution in [0.1, 0.15) is 0 Å². The summed E-state index contributed by atoms with van der Waals surface area (Å²) in [6.45, 7) is 0. The number of hydrogen-bond donors (Lipinski definition) is 1. The number of rotatable bonds is 5. The summed E-state index contributed by atoms with van der Waals surface area (Å²) in [5, 5.41) is 0.460. The lowest BCUT2D eigenvalue weighted by atomic mass is 10.2. The van der Waals surface area contributed by atoms with Gasteiger partial charge in [0.05, 0.1) is 17.1 Å². The van der Waals surface area contributed by atoms with E-state index in [1.807, 2.05) is 48.3 Å². The molecule has 1 N–H and O–H groups in total. The highest BCUT2D eigenvalue weighted by Gasteiger charge is 2.08. The van der Waals surface area contributed by atoms with Crippen LogP contribution in [0.2, 0.25) is 0 Å². The summed E-state index contributed by atoms with van der Waals surface area (Å²) in [6, 6.07) is 16.7. The molecule has 0 spiro atoms. The lowest BCUT2D eigenvalue weighted by Gasteiger charge is -2.20. The monoisotopic (exact) mass is 406 g/mol. The average Bonchev–Trinajstić information content (AvgIpc) is 2.74. The predicted molar refractivity (Wildman–Crippen MR) is 114 cm³/mol. The smallest absolute Gasteiger partial charge is 0.302 e. The molecule has 2 heterocycles. The number of pyridine rings is 1. The van der Waals surface area contributed by atoms with Crippen molar-refractivity contribution in [1.29, 1.82) is 0 Å². The third-order valence-corrected chi connectivity index (χ3v) is 5.42. The van der Waals surface area contributed by atoms with Gasteiger partial charge in [0.25, 0.3) is 5.56 Å². The van der Waals surface area contributed by atoms with Crippen molar-refractivity contribution < 1.29 is 8.95 Å². The Bertz CT molecular complexity index is 1240. The molecule has 0 aliphatic heterocycles. The van der Waals surface area contributed by atoms with Gasteiger partial charge in [-0.05, 0) is 54.6 Å². The second kappa shape index (κ2) is 7.84. The third kappa shape index (κ3) is 4.02. The molecule has 1 atom stereocenters. The molecule has 0 amide bonds. The van der Waals surface area contributed by atoms with Crippen LogP contribution in [0.25, 0.3) is 10.9 Å². The molecule has 0 saturated heterocycles. The van der Waals surface area contributed by atoms with E-state index in [1.165, 1.54) is 6.20 Å². The van der Waals surface area contributed by atoms with Gasteiger partial charge in [-0.3, -0.25) is 19.0 Å². The van der Waals surface area contributed by atoms with Crippen molar-refractivity contribution in [3.63, 3.8) is 0 Å². The number of aromatic nitrogens is 3. The number of H-pyrrole nitrogens is 1. The molecule has 0 aliphatic carbocycles. The van der Waals surface area contributed by atoms with Gasteiger partial charge in [0.1, 0.15) is 5.75 Å². The Morgan fingerprint density at radius 1 is 1.00 bits per heavy atom. The quantitative estimate of drug-likeness (QED) is 0.545. The fourth-order valence-corrected chi connectivity index (χ4v) is 3.40. The van der Waals surface area contributed by atoms with Crippen LogP contribution >= 0.6 is 0 Å². The van der Waals surface area contributed by atoms with Crippen LogP contribution in [0.15, 0.2) is 76.7 Å². The highest BCUT2D eigenvalue weighted by molar-refractivity contribution is 7.84. The number of ether oxygens (including phenoxy) is 1. The molecule has 2 aromatic heterocycles. The number of fused-ring (bicyclic) bond motifs is 1. The second-order valence-corrected chi connectivity index (χ2v) is 7.75. The zero-order valence-corrected chi connectivity index (χ0v) is 16.6. The lowest BCUT2D eigenvalue weighted by molar-refractivity contribution is 0.443. The first-order valence-electron chi connectivity index (χ1n) is 8.80. The number of benzene rings is 2. The number of nitrogens with zero attached hydrogens (tertiary/aromatic N) is 3. The summed E-state index contributed by atoms with van der Waals surface area (Å²) >= 11 is 0. The summed E-state index contributed by atoms with van der Waals surface area (Å²) in [7, 11) is 0.949. The van der Waals surface area contributed by atoms with Crippen LogP contribution in [0.5, 0.6) is 11.8 Å². The molecule has 146 valence electrons. The van der Waals surface area contributed by atoms with Crippen molar-refractivity contribution >= 4 is 33.1 Å². The van der Waals surface area contributed by atoms with E-state index in [1.54, 1.807) is 30.7 Å². The van der Waals surface area contributed by atoms with E-state index in [4.69, 9.17) is 4.74 Å². The highest BCUT2D eigenvalue weighted by atomic mass is 32.2. The molecule has 29 heavy (non-hydrogen) atoms. The molecule has 4 aromatic rings. The van der Waals surface area contributed by atoms with Gasteiger partial charge in [0.2, 0.25) is 0 Å². The molecule has 0 bridgehead atoms. The molecule has 0 radical (unpaired) electrons. The maximum atomic E-state index is 12.1. The van der Waals surface area contributed by atoms with E-state index in [2.05, 4.69) is 15.0 Å². The topological polar surface area (TPSA) is 88.2 Å². The van der Waals surface area contributed by atoms with E-state index in [0.717, 1.165) is 16.3 Å². The van der Waals surface area contributed by atoms with E-state index in [-0.39, 0.29) is 11.6 Å². The van der Waals surface area contributed by atoms with Gasteiger partial charge >= 0.3 is 6.01 Å². The summed E-state index contributed by atoms with van der Waals surface area (Å²) in [4.78, 5) is 25.8. The Kier molecular flexibility index (Phi) is 5.09. The van der Waals surface area contributed by atoms with Crippen molar-refractivity contribution in [2.24, 2.45) is 0 Å². The normalized spacial score (nSPS) is 11.9. The van der Waals surface area contributed by atoms with Crippen LogP contribution < -0.4 is 15.2 Å². The van der Waals surface area contributed by atoms with Crippen molar-refractivity contribution in [1.82, 2.24) is 15.0 Å². The first kappa shape index (κ1) is 18.8. The number of anilines is 2. The van der Waals surface area contributed by atoms with E-state index < -0.39 is 10.8 Å². The standard InChI is InChI=1S/C21H18N4O3S/c1-25(15-5-9-17(10-6-15)29(2)27)14-3-7-16(8-4-14)28-21-23-19-13-22-12-11-18(19)20(26)24-21/h3-13H,1-2H3,(H,23,24,26). The van der Waals surface area contributed by atoms with Crippen molar-refractivity contribution in [2.45, 2.75) is 4.90 Å². The maximum absolute atomic E-state index is 12.1. The molecular weight excluding hydrogens is 388 g/mol.